The Kier molecular flexibility index (Phi) is 4.42. The van der Waals surface area contributed by atoms with Crippen LogP contribution in [0.1, 0.15) is 57.5 Å². The van der Waals surface area contributed by atoms with E-state index in [9.17, 15) is 4.79 Å². The first-order chi connectivity index (χ1) is 10.0. The molecule has 2 rings (SSSR count). The summed E-state index contributed by atoms with van der Waals surface area (Å²) < 4.78 is 17.4. The van der Waals surface area contributed by atoms with Crippen LogP contribution in [0.2, 0.25) is 0 Å². The first-order valence-electron chi connectivity index (χ1n) is 7.71. The molecular formula is C17H25BO4. The van der Waals surface area contributed by atoms with Gasteiger partial charge in [-0.1, -0.05) is 12.1 Å². The molecule has 1 aromatic rings. The second kappa shape index (κ2) is 5.71. The van der Waals surface area contributed by atoms with Gasteiger partial charge in [-0.25, -0.2) is 4.79 Å². The van der Waals surface area contributed by atoms with Crippen molar-refractivity contribution in [2.45, 2.75) is 65.8 Å². The van der Waals surface area contributed by atoms with Gasteiger partial charge in [0.1, 0.15) is 0 Å². The summed E-state index contributed by atoms with van der Waals surface area (Å²) in [6.45, 7) is 13.6. The molecule has 1 aromatic carbocycles. The fourth-order valence-corrected chi connectivity index (χ4v) is 2.38. The maximum atomic E-state index is 12.2. The summed E-state index contributed by atoms with van der Waals surface area (Å²) in [5, 5.41) is 0. The van der Waals surface area contributed by atoms with Crippen molar-refractivity contribution in [1.29, 1.82) is 0 Å². The van der Waals surface area contributed by atoms with E-state index in [1.54, 1.807) is 6.07 Å². The Morgan fingerprint density at radius 1 is 1.14 bits per heavy atom. The molecule has 0 aliphatic carbocycles. The molecule has 1 fully saturated rings. The number of hydrogen-bond acceptors (Lipinski definition) is 4. The minimum Gasteiger partial charge on any atom is -0.459 e. The van der Waals surface area contributed by atoms with Crippen LogP contribution in [-0.2, 0) is 14.0 Å². The molecule has 1 saturated heterocycles. The molecule has 0 radical (unpaired) electrons. The second-order valence-corrected chi connectivity index (χ2v) is 7.06. The Bertz CT molecular complexity index is 562. The number of benzene rings is 1. The quantitative estimate of drug-likeness (QED) is 0.636. The van der Waals surface area contributed by atoms with E-state index in [2.05, 4.69) is 0 Å². The van der Waals surface area contributed by atoms with Gasteiger partial charge in [-0.15, -0.1) is 0 Å². The van der Waals surface area contributed by atoms with Crippen molar-refractivity contribution in [3.05, 3.63) is 29.3 Å². The molecule has 1 aliphatic rings. The Balaban J connectivity index is 2.33. The second-order valence-electron chi connectivity index (χ2n) is 7.06. The first-order valence-corrected chi connectivity index (χ1v) is 7.71. The van der Waals surface area contributed by atoms with E-state index in [4.69, 9.17) is 14.0 Å². The molecule has 0 N–H and O–H groups in total. The topological polar surface area (TPSA) is 44.8 Å². The van der Waals surface area contributed by atoms with Gasteiger partial charge in [0.2, 0.25) is 0 Å². The molecule has 0 spiro atoms. The highest BCUT2D eigenvalue weighted by atomic mass is 16.7. The summed E-state index contributed by atoms with van der Waals surface area (Å²) in [6.07, 6.45) is -0.146. The van der Waals surface area contributed by atoms with E-state index < -0.39 is 18.3 Å². The lowest BCUT2D eigenvalue weighted by atomic mass is 9.75. The minimum absolute atomic E-state index is 0.146. The average molecular weight is 304 g/mol. The SMILES string of the molecule is Cc1c(B2OC(C)(C)C(C)(C)O2)cccc1C(=O)OC(C)C. The lowest BCUT2D eigenvalue weighted by molar-refractivity contribution is 0.00578. The number of carbonyl (C=O) groups is 1. The van der Waals surface area contributed by atoms with E-state index in [1.807, 2.05) is 60.6 Å². The lowest BCUT2D eigenvalue weighted by Gasteiger charge is -2.32. The lowest BCUT2D eigenvalue weighted by Crippen LogP contribution is -2.41. The smallest absolute Gasteiger partial charge is 0.459 e. The van der Waals surface area contributed by atoms with Gasteiger partial charge in [0.05, 0.1) is 22.9 Å². The third-order valence-electron chi connectivity index (χ3n) is 4.45. The Morgan fingerprint density at radius 3 is 2.18 bits per heavy atom. The molecule has 5 heteroatoms. The molecule has 0 amide bonds. The summed E-state index contributed by atoms with van der Waals surface area (Å²) in [7, 11) is -0.475. The number of rotatable bonds is 3. The largest absolute Gasteiger partial charge is 0.495 e. The Morgan fingerprint density at radius 2 is 1.68 bits per heavy atom. The van der Waals surface area contributed by atoms with Crippen molar-refractivity contribution < 1.29 is 18.8 Å². The zero-order valence-corrected chi connectivity index (χ0v) is 14.5. The number of esters is 1. The minimum atomic E-state index is -0.475. The molecule has 0 bridgehead atoms. The van der Waals surface area contributed by atoms with Crippen molar-refractivity contribution in [1.82, 2.24) is 0 Å². The van der Waals surface area contributed by atoms with Gasteiger partial charge in [-0.05, 0) is 65.6 Å². The summed E-state index contributed by atoms with van der Waals surface area (Å²) in [5.74, 6) is -0.314. The zero-order chi connectivity index (χ0) is 16.7. The normalized spacial score (nSPS) is 19.5. The zero-order valence-electron chi connectivity index (χ0n) is 14.5. The van der Waals surface area contributed by atoms with Gasteiger partial charge in [-0.3, -0.25) is 0 Å². The summed E-state index contributed by atoms with van der Waals surface area (Å²) in [6, 6.07) is 5.54. The fraction of sp³-hybridized carbons (Fsp3) is 0.588. The van der Waals surface area contributed by atoms with Crippen LogP contribution in [0.5, 0.6) is 0 Å². The van der Waals surface area contributed by atoms with Crippen molar-refractivity contribution >= 4 is 18.6 Å². The van der Waals surface area contributed by atoms with Crippen LogP contribution in [0.4, 0.5) is 0 Å². The van der Waals surface area contributed by atoms with Gasteiger partial charge < -0.3 is 14.0 Å². The molecular weight excluding hydrogens is 279 g/mol. The highest BCUT2D eigenvalue weighted by Gasteiger charge is 2.52. The van der Waals surface area contributed by atoms with Crippen LogP contribution in [0.3, 0.4) is 0 Å². The monoisotopic (exact) mass is 304 g/mol. The van der Waals surface area contributed by atoms with Crippen LogP contribution >= 0.6 is 0 Å². The van der Waals surface area contributed by atoms with Crippen molar-refractivity contribution in [3.8, 4) is 0 Å². The van der Waals surface area contributed by atoms with E-state index in [1.165, 1.54) is 0 Å². The van der Waals surface area contributed by atoms with Crippen LogP contribution in [0.15, 0.2) is 18.2 Å². The Hall–Kier alpha value is -1.33. The van der Waals surface area contributed by atoms with E-state index >= 15 is 0 Å². The number of hydrogen-bond donors (Lipinski definition) is 0. The van der Waals surface area contributed by atoms with Gasteiger partial charge in [0.15, 0.2) is 0 Å². The van der Waals surface area contributed by atoms with Gasteiger partial charge in [-0.2, -0.15) is 0 Å². The van der Waals surface area contributed by atoms with E-state index in [0.717, 1.165) is 11.0 Å². The molecule has 1 heterocycles. The van der Waals surface area contributed by atoms with Crippen molar-refractivity contribution in [2.75, 3.05) is 0 Å². The third kappa shape index (κ3) is 3.06. The standard InChI is InChI=1S/C17H25BO4/c1-11(2)20-15(19)13-9-8-10-14(12(13)3)18-21-16(4,5)17(6,7)22-18/h8-11H,1-7H3. The highest BCUT2D eigenvalue weighted by Crippen LogP contribution is 2.36. The van der Waals surface area contributed by atoms with Crippen molar-refractivity contribution in [2.24, 2.45) is 0 Å². The van der Waals surface area contributed by atoms with Crippen LogP contribution in [0, 0.1) is 6.92 Å². The molecule has 22 heavy (non-hydrogen) atoms. The average Bonchev–Trinajstić information content (AvgIpc) is 2.57. The molecule has 120 valence electrons. The molecule has 1 aliphatic heterocycles. The van der Waals surface area contributed by atoms with Gasteiger partial charge >= 0.3 is 13.1 Å². The third-order valence-corrected chi connectivity index (χ3v) is 4.45. The molecule has 0 atom stereocenters. The van der Waals surface area contributed by atoms with Crippen LogP contribution < -0.4 is 5.46 Å². The summed E-state index contributed by atoms with van der Waals surface area (Å²) >= 11 is 0. The molecule has 0 saturated carbocycles. The van der Waals surface area contributed by atoms with Crippen molar-refractivity contribution in [3.63, 3.8) is 0 Å². The van der Waals surface area contributed by atoms with Gasteiger partial charge in [0.25, 0.3) is 0 Å². The van der Waals surface area contributed by atoms with E-state index in [0.29, 0.717) is 5.56 Å². The molecule has 0 aromatic heterocycles. The first kappa shape index (κ1) is 17.0. The number of carbonyl (C=O) groups excluding carboxylic acids is 1. The number of ether oxygens (including phenoxy) is 1. The fourth-order valence-electron chi connectivity index (χ4n) is 2.38. The predicted molar refractivity (Wildman–Crippen MR) is 87.4 cm³/mol. The van der Waals surface area contributed by atoms with Gasteiger partial charge in [0, 0.05) is 0 Å². The van der Waals surface area contributed by atoms with Crippen LogP contribution in [-0.4, -0.2) is 30.4 Å². The van der Waals surface area contributed by atoms with E-state index in [-0.39, 0.29) is 12.1 Å². The summed E-state index contributed by atoms with van der Waals surface area (Å²) in [5.41, 5.74) is 1.46. The predicted octanol–water partition coefficient (Wildman–Crippen LogP) is 2.86. The summed E-state index contributed by atoms with van der Waals surface area (Å²) in [4.78, 5) is 12.2. The Labute approximate surface area is 133 Å². The van der Waals surface area contributed by atoms with Crippen LogP contribution in [0.25, 0.3) is 0 Å². The maximum Gasteiger partial charge on any atom is 0.495 e. The highest BCUT2D eigenvalue weighted by molar-refractivity contribution is 6.62. The maximum absolute atomic E-state index is 12.2. The molecule has 0 unspecified atom stereocenters. The molecule has 4 nitrogen and oxygen atoms in total.